The van der Waals surface area contributed by atoms with E-state index >= 15 is 0 Å². The Morgan fingerprint density at radius 3 is 2.95 bits per heavy atom. The molecule has 0 aliphatic heterocycles. The van der Waals surface area contributed by atoms with Crippen LogP contribution in [0.3, 0.4) is 0 Å². The first-order valence-electron chi connectivity index (χ1n) is 6.55. The molecule has 2 aromatic rings. The summed E-state index contributed by atoms with van der Waals surface area (Å²) in [5.41, 5.74) is 0.893. The van der Waals surface area contributed by atoms with Gasteiger partial charge in [0.15, 0.2) is 0 Å². The fraction of sp³-hybridized carbons (Fsp3) is 0.667. The maximum Gasteiger partial charge on any atom is 0.148 e. The molecule has 0 spiro atoms. The van der Waals surface area contributed by atoms with Crippen LogP contribution in [-0.2, 0) is 19.5 Å². The molecule has 0 saturated carbocycles. The van der Waals surface area contributed by atoms with Crippen LogP contribution >= 0.6 is 0 Å². The lowest BCUT2D eigenvalue weighted by Crippen LogP contribution is -2.13. The van der Waals surface area contributed by atoms with Gasteiger partial charge < -0.3 is 5.11 Å². The van der Waals surface area contributed by atoms with Crippen molar-refractivity contribution in [1.82, 2.24) is 29.8 Å². The Morgan fingerprint density at radius 2 is 2.21 bits per heavy atom. The van der Waals surface area contributed by atoms with E-state index in [2.05, 4.69) is 34.2 Å². The van der Waals surface area contributed by atoms with E-state index < -0.39 is 0 Å². The van der Waals surface area contributed by atoms with Gasteiger partial charge in [0, 0.05) is 19.3 Å². The highest BCUT2D eigenvalue weighted by Gasteiger charge is 2.08. The topological polar surface area (TPSA) is 81.7 Å². The molecule has 0 aliphatic carbocycles. The molecule has 1 N–H and O–H groups in total. The molecular formula is C12H20N6O. The van der Waals surface area contributed by atoms with Gasteiger partial charge in [0.05, 0.1) is 5.69 Å². The highest BCUT2D eigenvalue weighted by Crippen LogP contribution is 2.04. The summed E-state index contributed by atoms with van der Waals surface area (Å²) in [6, 6.07) is 0. The highest BCUT2D eigenvalue weighted by atomic mass is 16.2. The van der Waals surface area contributed by atoms with Crippen molar-refractivity contribution in [3.8, 4) is 0 Å². The van der Waals surface area contributed by atoms with Gasteiger partial charge in [-0.1, -0.05) is 19.1 Å². The second-order valence-corrected chi connectivity index (χ2v) is 4.99. The lowest BCUT2D eigenvalue weighted by Gasteiger charge is -2.07. The molecule has 7 heteroatoms. The molecule has 104 valence electrons. The Hall–Kier alpha value is -1.76. The second kappa shape index (κ2) is 6.42. The molecule has 2 heterocycles. The molecule has 0 unspecified atom stereocenters. The normalized spacial score (nSPS) is 11.4. The van der Waals surface area contributed by atoms with Crippen molar-refractivity contribution in [3.05, 3.63) is 24.0 Å². The van der Waals surface area contributed by atoms with Crippen LogP contribution in [0.4, 0.5) is 0 Å². The summed E-state index contributed by atoms with van der Waals surface area (Å²) in [5.74, 6) is 1.41. The van der Waals surface area contributed by atoms with Gasteiger partial charge in [0.2, 0.25) is 0 Å². The zero-order chi connectivity index (χ0) is 13.7. The number of aliphatic hydroxyl groups is 1. The number of aromatic nitrogens is 6. The zero-order valence-electron chi connectivity index (χ0n) is 11.4. The Bertz CT molecular complexity index is 504. The van der Waals surface area contributed by atoms with Gasteiger partial charge in [0.1, 0.15) is 18.7 Å². The van der Waals surface area contributed by atoms with Crippen LogP contribution in [0, 0.1) is 5.92 Å². The molecule has 2 aromatic heterocycles. The SMILES string of the molecule is CC(C)Cn1ncnc1Cn1cc(CCCO)nn1. The minimum Gasteiger partial charge on any atom is -0.396 e. The summed E-state index contributed by atoms with van der Waals surface area (Å²) in [4.78, 5) is 4.26. The predicted octanol–water partition coefficient (Wildman–Crippen LogP) is 0.499. The lowest BCUT2D eigenvalue weighted by molar-refractivity contribution is 0.288. The highest BCUT2D eigenvalue weighted by molar-refractivity contribution is 4.95. The first kappa shape index (κ1) is 13.7. The van der Waals surface area contributed by atoms with E-state index in [4.69, 9.17) is 5.11 Å². The van der Waals surface area contributed by atoms with E-state index in [0.717, 1.165) is 24.5 Å². The minimum absolute atomic E-state index is 0.176. The van der Waals surface area contributed by atoms with E-state index in [1.54, 1.807) is 11.0 Å². The molecule has 0 saturated heterocycles. The minimum atomic E-state index is 0.176. The van der Waals surface area contributed by atoms with Crippen molar-refractivity contribution >= 4 is 0 Å². The van der Waals surface area contributed by atoms with Crippen molar-refractivity contribution in [2.75, 3.05) is 6.61 Å². The van der Waals surface area contributed by atoms with Crippen LogP contribution in [0.2, 0.25) is 0 Å². The largest absolute Gasteiger partial charge is 0.396 e. The zero-order valence-corrected chi connectivity index (χ0v) is 11.4. The molecule has 0 bridgehead atoms. The smallest absolute Gasteiger partial charge is 0.148 e. The molecular weight excluding hydrogens is 244 g/mol. The first-order valence-corrected chi connectivity index (χ1v) is 6.55. The number of rotatable bonds is 7. The number of nitrogens with zero attached hydrogens (tertiary/aromatic N) is 6. The van der Waals surface area contributed by atoms with Gasteiger partial charge in [-0.25, -0.2) is 14.3 Å². The molecule has 19 heavy (non-hydrogen) atoms. The average molecular weight is 264 g/mol. The summed E-state index contributed by atoms with van der Waals surface area (Å²) >= 11 is 0. The summed E-state index contributed by atoms with van der Waals surface area (Å²) < 4.78 is 3.66. The van der Waals surface area contributed by atoms with E-state index in [9.17, 15) is 0 Å². The van der Waals surface area contributed by atoms with Gasteiger partial charge in [0.25, 0.3) is 0 Å². The van der Waals surface area contributed by atoms with Gasteiger partial charge in [-0.2, -0.15) is 5.10 Å². The number of hydrogen-bond acceptors (Lipinski definition) is 5. The van der Waals surface area contributed by atoms with Crippen LogP contribution in [0.5, 0.6) is 0 Å². The summed E-state index contributed by atoms with van der Waals surface area (Å²) in [6.07, 6.45) is 4.92. The molecule has 0 aromatic carbocycles. The lowest BCUT2D eigenvalue weighted by atomic mass is 10.2. The third kappa shape index (κ3) is 3.85. The van der Waals surface area contributed by atoms with Crippen LogP contribution in [0.25, 0.3) is 0 Å². The quantitative estimate of drug-likeness (QED) is 0.787. The maximum atomic E-state index is 8.79. The van der Waals surface area contributed by atoms with Crippen LogP contribution < -0.4 is 0 Å². The molecule has 0 fully saturated rings. The van der Waals surface area contributed by atoms with E-state index in [0.29, 0.717) is 18.9 Å². The molecule has 0 radical (unpaired) electrons. The van der Waals surface area contributed by atoms with Gasteiger partial charge >= 0.3 is 0 Å². The second-order valence-electron chi connectivity index (χ2n) is 4.99. The fourth-order valence-corrected chi connectivity index (χ4v) is 1.84. The van der Waals surface area contributed by atoms with Crippen molar-refractivity contribution in [2.24, 2.45) is 5.92 Å². The van der Waals surface area contributed by atoms with Gasteiger partial charge in [-0.05, 0) is 18.8 Å². The third-order valence-corrected chi connectivity index (χ3v) is 2.71. The number of aryl methyl sites for hydroxylation is 1. The van der Waals surface area contributed by atoms with E-state index in [1.807, 2.05) is 10.9 Å². The van der Waals surface area contributed by atoms with Crippen molar-refractivity contribution in [1.29, 1.82) is 0 Å². The van der Waals surface area contributed by atoms with E-state index in [1.165, 1.54) is 0 Å². The third-order valence-electron chi connectivity index (χ3n) is 2.71. The van der Waals surface area contributed by atoms with Crippen LogP contribution in [-0.4, -0.2) is 41.5 Å². The summed E-state index contributed by atoms with van der Waals surface area (Å²) in [7, 11) is 0. The van der Waals surface area contributed by atoms with Gasteiger partial charge in [-0.3, -0.25) is 0 Å². The summed E-state index contributed by atoms with van der Waals surface area (Å²) in [5, 5.41) is 21.1. The van der Waals surface area contributed by atoms with Gasteiger partial charge in [-0.15, -0.1) is 5.10 Å². The standard InChI is InChI=1S/C12H20N6O/c1-10(2)6-18-12(13-9-14-18)8-17-7-11(15-16-17)4-3-5-19/h7,9-10,19H,3-6,8H2,1-2H3. The van der Waals surface area contributed by atoms with Crippen molar-refractivity contribution < 1.29 is 5.11 Å². The Labute approximate surface area is 112 Å². The molecule has 0 amide bonds. The molecule has 7 nitrogen and oxygen atoms in total. The summed E-state index contributed by atoms with van der Waals surface area (Å²) in [6.45, 7) is 5.89. The monoisotopic (exact) mass is 264 g/mol. The number of aliphatic hydroxyl groups excluding tert-OH is 1. The van der Waals surface area contributed by atoms with Crippen molar-refractivity contribution in [2.45, 2.75) is 39.8 Å². The molecule has 2 rings (SSSR count). The Balaban J connectivity index is 2.00. The molecule has 0 atom stereocenters. The average Bonchev–Trinajstić information content (AvgIpc) is 2.97. The van der Waals surface area contributed by atoms with Crippen LogP contribution in [0.1, 0.15) is 31.8 Å². The molecule has 0 aliphatic rings. The first-order chi connectivity index (χ1) is 9.19. The maximum absolute atomic E-state index is 8.79. The fourth-order valence-electron chi connectivity index (χ4n) is 1.84. The Kier molecular flexibility index (Phi) is 4.62. The Morgan fingerprint density at radius 1 is 1.37 bits per heavy atom. The number of hydrogen-bond donors (Lipinski definition) is 1. The predicted molar refractivity (Wildman–Crippen MR) is 69.4 cm³/mol. The van der Waals surface area contributed by atoms with Crippen molar-refractivity contribution in [3.63, 3.8) is 0 Å². The van der Waals surface area contributed by atoms with Crippen LogP contribution in [0.15, 0.2) is 12.5 Å². The van der Waals surface area contributed by atoms with E-state index in [-0.39, 0.29) is 6.61 Å².